The molecule has 1 aromatic rings. The van der Waals surface area contributed by atoms with Crippen LogP contribution in [-0.2, 0) is 6.54 Å². The zero-order chi connectivity index (χ0) is 12.8. The fraction of sp³-hybridized carbons (Fsp3) is 0.625. The molecule has 0 aromatic heterocycles. The molecule has 1 N–H and O–H groups in total. The summed E-state index contributed by atoms with van der Waals surface area (Å²) in [6, 6.07) is 8.79. The van der Waals surface area contributed by atoms with Crippen LogP contribution in [0.4, 0.5) is 0 Å². The summed E-state index contributed by atoms with van der Waals surface area (Å²) < 4.78 is 0. The van der Waals surface area contributed by atoms with E-state index in [2.05, 4.69) is 48.3 Å². The Hall–Kier alpha value is -0.860. The van der Waals surface area contributed by atoms with Gasteiger partial charge in [0.15, 0.2) is 0 Å². The van der Waals surface area contributed by atoms with Crippen LogP contribution in [0.3, 0.4) is 0 Å². The first-order valence-corrected chi connectivity index (χ1v) is 7.22. The predicted octanol–water partition coefficient (Wildman–Crippen LogP) is 2.82. The van der Waals surface area contributed by atoms with Crippen LogP contribution in [0.2, 0.25) is 0 Å². The molecule has 0 amide bonds. The van der Waals surface area contributed by atoms with Gasteiger partial charge < -0.3 is 10.2 Å². The van der Waals surface area contributed by atoms with Crippen molar-refractivity contribution in [2.75, 3.05) is 26.2 Å². The van der Waals surface area contributed by atoms with E-state index in [4.69, 9.17) is 0 Å². The standard InChI is InChI=1S/C16H26N2/c1-14-3-5-16(6-4-14)13-17-9-12-18-10-7-15(2)8-11-18/h3-6,15,17H,7-13H2,1-2H3. The minimum atomic E-state index is 0.932. The normalized spacial score (nSPS) is 18.1. The van der Waals surface area contributed by atoms with Crippen molar-refractivity contribution < 1.29 is 0 Å². The zero-order valence-corrected chi connectivity index (χ0v) is 11.8. The summed E-state index contributed by atoms with van der Waals surface area (Å²) in [4.78, 5) is 2.59. The summed E-state index contributed by atoms with van der Waals surface area (Å²) in [5, 5.41) is 3.54. The van der Waals surface area contributed by atoms with Crippen molar-refractivity contribution in [2.45, 2.75) is 33.2 Å². The van der Waals surface area contributed by atoms with E-state index >= 15 is 0 Å². The number of benzene rings is 1. The van der Waals surface area contributed by atoms with Crippen LogP contribution in [0.1, 0.15) is 30.9 Å². The molecule has 0 aliphatic carbocycles. The van der Waals surface area contributed by atoms with Crippen molar-refractivity contribution in [1.29, 1.82) is 0 Å². The third-order valence-electron chi connectivity index (χ3n) is 3.93. The van der Waals surface area contributed by atoms with Gasteiger partial charge in [-0.05, 0) is 44.3 Å². The van der Waals surface area contributed by atoms with Gasteiger partial charge in [-0.25, -0.2) is 0 Å². The highest BCUT2D eigenvalue weighted by molar-refractivity contribution is 5.20. The molecule has 1 aromatic carbocycles. The van der Waals surface area contributed by atoms with Crippen LogP contribution in [0.25, 0.3) is 0 Å². The van der Waals surface area contributed by atoms with Gasteiger partial charge in [-0.15, -0.1) is 0 Å². The minimum Gasteiger partial charge on any atom is -0.311 e. The lowest BCUT2D eigenvalue weighted by Crippen LogP contribution is -2.37. The largest absolute Gasteiger partial charge is 0.311 e. The summed E-state index contributed by atoms with van der Waals surface area (Å²) in [5.74, 6) is 0.932. The van der Waals surface area contributed by atoms with E-state index < -0.39 is 0 Å². The molecule has 1 aliphatic rings. The second kappa shape index (κ2) is 6.91. The minimum absolute atomic E-state index is 0.932. The highest BCUT2D eigenvalue weighted by Gasteiger charge is 2.14. The van der Waals surface area contributed by atoms with Crippen LogP contribution >= 0.6 is 0 Å². The van der Waals surface area contributed by atoms with Crippen LogP contribution < -0.4 is 5.32 Å². The quantitative estimate of drug-likeness (QED) is 0.804. The molecular formula is C16H26N2. The number of nitrogens with zero attached hydrogens (tertiary/aromatic N) is 1. The van der Waals surface area contributed by atoms with Crippen LogP contribution in [0, 0.1) is 12.8 Å². The topological polar surface area (TPSA) is 15.3 Å². The lowest BCUT2D eigenvalue weighted by molar-refractivity contribution is 0.193. The van der Waals surface area contributed by atoms with Crippen molar-refractivity contribution >= 4 is 0 Å². The van der Waals surface area contributed by atoms with Crippen molar-refractivity contribution in [3.05, 3.63) is 35.4 Å². The van der Waals surface area contributed by atoms with Crippen molar-refractivity contribution in [3.8, 4) is 0 Å². The fourth-order valence-electron chi connectivity index (χ4n) is 2.46. The van der Waals surface area contributed by atoms with Crippen LogP contribution in [0.15, 0.2) is 24.3 Å². The Bertz CT molecular complexity index is 337. The maximum Gasteiger partial charge on any atom is 0.0206 e. The Morgan fingerprint density at radius 1 is 1.17 bits per heavy atom. The number of nitrogens with one attached hydrogen (secondary N) is 1. The summed E-state index contributed by atoms with van der Waals surface area (Å²) in [6.07, 6.45) is 2.75. The van der Waals surface area contributed by atoms with E-state index in [1.54, 1.807) is 0 Å². The maximum absolute atomic E-state index is 3.54. The molecule has 0 bridgehead atoms. The Labute approximate surface area is 111 Å². The molecule has 1 aliphatic heterocycles. The average Bonchev–Trinajstić information content (AvgIpc) is 2.39. The van der Waals surface area contributed by atoms with Gasteiger partial charge in [-0.2, -0.15) is 0 Å². The number of piperidine rings is 1. The smallest absolute Gasteiger partial charge is 0.0206 e. The molecule has 0 saturated carbocycles. The molecule has 1 fully saturated rings. The van der Waals surface area contributed by atoms with E-state index in [1.165, 1.54) is 43.6 Å². The summed E-state index contributed by atoms with van der Waals surface area (Å²) in [6.45, 7) is 10.4. The van der Waals surface area contributed by atoms with Crippen molar-refractivity contribution in [2.24, 2.45) is 5.92 Å². The number of aryl methyl sites for hydroxylation is 1. The van der Waals surface area contributed by atoms with E-state index in [0.717, 1.165) is 19.0 Å². The van der Waals surface area contributed by atoms with Gasteiger partial charge in [0.1, 0.15) is 0 Å². The first kappa shape index (κ1) is 13.6. The first-order chi connectivity index (χ1) is 8.74. The Kier molecular flexibility index (Phi) is 5.21. The molecule has 2 rings (SSSR count). The highest BCUT2D eigenvalue weighted by atomic mass is 15.1. The second-order valence-corrected chi connectivity index (χ2v) is 5.69. The van der Waals surface area contributed by atoms with Gasteiger partial charge in [0.05, 0.1) is 0 Å². The molecule has 1 heterocycles. The van der Waals surface area contributed by atoms with Gasteiger partial charge in [0.25, 0.3) is 0 Å². The van der Waals surface area contributed by atoms with Crippen molar-refractivity contribution in [3.63, 3.8) is 0 Å². The molecule has 0 atom stereocenters. The molecule has 0 spiro atoms. The molecule has 2 nitrogen and oxygen atoms in total. The molecule has 100 valence electrons. The van der Waals surface area contributed by atoms with Gasteiger partial charge >= 0.3 is 0 Å². The number of hydrogen-bond acceptors (Lipinski definition) is 2. The fourth-order valence-corrected chi connectivity index (χ4v) is 2.46. The zero-order valence-electron chi connectivity index (χ0n) is 11.8. The first-order valence-electron chi connectivity index (χ1n) is 7.22. The maximum atomic E-state index is 3.54. The molecule has 18 heavy (non-hydrogen) atoms. The molecule has 1 saturated heterocycles. The molecule has 2 heteroatoms. The number of hydrogen-bond donors (Lipinski definition) is 1. The molecule has 0 radical (unpaired) electrons. The summed E-state index contributed by atoms with van der Waals surface area (Å²) in [7, 11) is 0. The van der Waals surface area contributed by atoms with Gasteiger partial charge in [0.2, 0.25) is 0 Å². The number of likely N-dealkylation sites (tertiary alicyclic amines) is 1. The van der Waals surface area contributed by atoms with Crippen LogP contribution in [0.5, 0.6) is 0 Å². The predicted molar refractivity (Wildman–Crippen MR) is 77.7 cm³/mol. The van der Waals surface area contributed by atoms with E-state index in [0.29, 0.717) is 0 Å². The summed E-state index contributed by atoms with van der Waals surface area (Å²) >= 11 is 0. The lowest BCUT2D eigenvalue weighted by Gasteiger charge is -2.30. The molecule has 0 unspecified atom stereocenters. The van der Waals surface area contributed by atoms with Gasteiger partial charge in [-0.1, -0.05) is 36.8 Å². The van der Waals surface area contributed by atoms with Gasteiger partial charge in [-0.3, -0.25) is 0 Å². The van der Waals surface area contributed by atoms with Crippen molar-refractivity contribution in [1.82, 2.24) is 10.2 Å². The van der Waals surface area contributed by atoms with E-state index in [-0.39, 0.29) is 0 Å². The van der Waals surface area contributed by atoms with E-state index in [1.807, 2.05) is 0 Å². The Morgan fingerprint density at radius 3 is 2.50 bits per heavy atom. The molecular weight excluding hydrogens is 220 g/mol. The van der Waals surface area contributed by atoms with Crippen LogP contribution in [-0.4, -0.2) is 31.1 Å². The Morgan fingerprint density at radius 2 is 1.83 bits per heavy atom. The highest BCUT2D eigenvalue weighted by Crippen LogP contribution is 2.15. The SMILES string of the molecule is Cc1ccc(CNCCN2CCC(C)CC2)cc1. The monoisotopic (exact) mass is 246 g/mol. The number of rotatable bonds is 5. The van der Waals surface area contributed by atoms with Gasteiger partial charge in [0, 0.05) is 19.6 Å². The summed E-state index contributed by atoms with van der Waals surface area (Å²) in [5.41, 5.74) is 2.72. The average molecular weight is 246 g/mol. The third-order valence-corrected chi connectivity index (χ3v) is 3.93. The third kappa shape index (κ3) is 4.43. The Balaban J connectivity index is 1.60. The lowest BCUT2D eigenvalue weighted by atomic mass is 9.99. The second-order valence-electron chi connectivity index (χ2n) is 5.69. The van der Waals surface area contributed by atoms with E-state index in [9.17, 15) is 0 Å².